The van der Waals surface area contributed by atoms with Gasteiger partial charge in [-0.3, -0.25) is 0 Å². The number of halogens is 13. The van der Waals surface area contributed by atoms with Gasteiger partial charge in [0.15, 0.2) is 16.5 Å². The van der Waals surface area contributed by atoms with Gasteiger partial charge in [-0.15, -0.1) is 6.58 Å². The topological polar surface area (TPSA) is 9.23 Å². The normalized spacial score (nSPS) is 18.3. The molecule has 1 aliphatic carbocycles. The number of hydrogen-bond acceptors (Lipinski definition) is 1. The summed E-state index contributed by atoms with van der Waals surface area (Å²) in [7, 11) is -11.0. The average molecular weight is 743 g/mol. The smallest absolute Gasteiger partial charge is 0.429 e. The number of benzene rings is 4. The maximum atomic E-state index is 15.2. The molecule has 0 amide bonds. The van der Waals surface area contributed by atoms with Crippen molar-refractivity contribution in [2.75, 3.05) is 0 Å². The van der Waals surface area contributed by atoms with Crippen molar-refractivity contribution in [3.63, 3.8) is 0 Å². The van der Waals surface area contributed by atoms with E-state index in [4.69, 9.17) is 0 Å². The number of alkyl halides is 2. The summed E-state index contributed by atoms with van der Waals surface area (Å²) in [6.07, 6.45) is 2.50. The molecule has 1 aliphatic rings. The monoisotopic (exact) mass is 742 g/mol. The molecule has 1 saturated carbocycles. The molecule has 0 heterocycles. The molecule has 50 heavy (non-hydrogen) atoms. The minimum Gasteiger partial charge on any atom is -0.429 e. The molecule has 15 heteroatoms. The Morgan fingerprint density at radius 3 is 1.70 bits per heavy atom. The van der Waals surface area contributed by atoms with Crippen molar-refractivity contribution >= 4 is 10.2 Å². The Bertz CT molecular complexity index is 1900. The predicted molar refractivity (Wildman–Crippen MR) is 164 cm³/mol. The third-order valence-corrected chi connectivity index (χ3v) is 9.78. The second kappa shape index (κ2) is 12.6. The lowest BCUT2D eigenvalue weighted by Crippen LogP contribution is -2.25. The van der Waals surface area contributed by atoms with E-state index < -0.39 is 90.7 Å². The fraction of sp³-hybridized carbons (Fsp3) is 0.257. The van der Waals surface area contributed by atoms with Crippen molar-refractivity contribution in [2.45, 2.75) is 55.4 Å². The van der Waals surface area contributed by atoms with Gasteiger partial charge in [0.1, 0.15) is 34.6 Å². The van der Waals surface area contributed by atoms with E-state index >= 15 is 8.78 Å². The third-order valence-electron chi connectivity index (χ3n) is 8.62. The predicted octanol–water partition coefficient (Wildman–Crippen LogP) is 13.9. The standard InChI is InChI=1S/C35H27F13OS/c1-2-3-4-19-5-7-20(8-6-19)21-9-11-25(27(36)13-21)22-10-12-26(28(37)14-22)23-15-29(38)33(30(39)16-23)35(42,43)49-24-17-31(40)34(32(41)18-24)50(44,45,46,47)48/h2,9-20H,1,3-8H2. The zero-order valence-corrected chi connectivity index (χ0v) is 26.5. The van der Waals surface area contributed by atoms with Crippen LogP contribution in [0, 0.1) is 40.8 Å². The summed E-state index contributed by atoms with van der Waals surface area (Å²) in [5.74, 6) is -13.0. The third kappa shape index (κ3) is 7.92. The molecule has 0 aliphatic heterocycles. The summed E-state index contributed by atoms with van der Waals surface area (Å²) >= 11 is 0. The van der Waals surface area contributed by atoms with Crippen LogP contribution in [0.25, 0.3) is 22.3 Å². The molecule has 4 aromatic carbocycles. The SMILES string of the molecule is C=CCCC1CCC(c2ccc(-c3ccc(-c4cc(F)c(C(F)(F)Oc5cc(F)c(S(F)(F)(F)(F)F)c(F)c5)c(F)c4)c(F)c3)c(F)c2)CC1. The van der Waals surface area contributed by atoms with Crippen LogP contribution < -0.4 is 4.74 Å². The van der Waals surface area contributed by atoms with Gasteiger partial charge in [-0.25, -0.2) is 26.3 Å². The lowest BCUT2D eigenvalue weighted by molar-refractivity contribution is -0.189. The minimum atomic E-state index is -11.0. The van der Waals surface area contributed by atoms with E-state index in [1.807, 2.05) is 6.08 Å². The zero-order valence-electron chi connectivity index (χ0n) is 25.7. The van der Waals surface area contributed by atoms with Crippen molar-refractivity contribution in [1.82, 2.24) is 0 Å². The molecular formula is C35H27F13OS. The lowest BCUT2D eigenvalue weighted by Gasteiger charge is -2.40. The Hall–Kier alpha value is -4.14. The highest BCUT2D eigenvalue weighted by Crippen LogP contribution is 3.02. The van der Waals surface area contributed by atoms with Gasteiger partial charge >= 0.3 is 16.3 Å². The maximum absolute atomic E-state index is 15.2. The molecule has 0 aromatic heterocycles. The first-order valence-corrected chi connectivity index (χ1v) is 17.0. The number of allylic oxidation sites excluding steroid dienone is 1. The van der Waals surface area contributed by atoms with Crippen LogP contribution in [0.2, 0.25) is 0 Å². The molecule has 0 radical (unpaired) electrons. The van der Waals surface area contributed by atoms with Crippen LogP contribution in [-0.2, 0) is 6.11 Å². The first kappa shape index (κ1) is 37.1. The summed E-state index contributed by atoms with van der Waals surface area (Å²) in [4.78, 5) is -3.62. The van der Waals surface area contributed by atoms with E-state index in [2.05, 4.69) is 11.3 Å². The molecule has 5 rings (SSSR count). The molecule has 0 N–H and O–H groups in total. The van der Waals surface area contributed by atoms with Gasteiger partial charge in [-0.05, 0) is 91.3 Å². The maximum Gasteiger partial charge on any atom is 0.432 e. The average Bonchev–Trinajstić information content (AvgIpc) is 2.97. The van der Waals surface area contributed by atoms with E-state index in [-0.39, 0.29) is 29.2 Å². The Balaban J connectivity index is 1.36. The Labute approximate surface area is 278 Å². The fourth-order valence-corrected chi connectivity index (χ4v) is 7.10. The lowest BCUT2D eigenvalue weighted by atomic mass is 9.77. The molecule has 0 atom stereocenters. The van der Waals surface area contributed by atoms with Gasteiger partial charge in [-0.2, -0.15) is 8.78 Å². The highest BCUT2D eigenvalue weighted by molar-refractivity contribution is 8.45. The van der Waals surface area contributed by atoms with E-state index in [1.165, 1.54) is 18.2 Å². The molecular weight excluding hydrogens is 715 g/mol. The van der Waals surface area contributed by atoms with Crippen LogP contribution in [-0.4, -0.2) is 0 Å². The van der Waals surface area contributed by atoms with Crippen molar-refractivity contribution in [1.29, 1.82) is 0 Å². The van der Waals surface area contributed by atoms with Crippen LogP contribution in [0.1, 0.15) is 55.6 Å². The van der Waals surface area contributed by atoms with Crippen molar-refractivity contribution < 1.29 is 59.3 Å². The van der Waals surface area contributed by atoms with Gasteiger partial charge in [0.2, 0.25) is 0 Å². The summed E-state index contributed by atoms with van der Waals surface area (Å²) < 4.78 is 186. The summed E-state index contributed by atoms with van der Waals surface area (Å²) in [5, 5.41) is 0. The quantitative estimate of drug-likeness (QED) is 0.116. The molecule has 270 valence electrons. The highest BCUT2D eigenvalue weighted by Gasteiger charge is 2.69. The Morgan fingerprint density at radius 2 is 1.18 bits per heavy atom. The van der Waals surface area contributed by atoms with Crippen LogP contribution in [0.3, 0.4) is 0 Å². The second-order valence-electron chi connectivity index (χ2n) is 12.1. The minimum absolute atomic E-state index is 0.0323. The largest absolute Gasteiger partial charge is 0.432 e. The van der Waals surface area contributed by atoms with Crippen LogP contribution in [0.4, 0.5) is 54.6 Å². The van der Waals surface area contributed by atoms with Gasteiger partial charge in [-0.1, -0.05) is 49.8 Å². The molecule has 1 fully saturated rings. The summed E-state index contributed by atoms with van der Waals surface area (Å²) in [6.45, 7) is 3.74. The van der Waals surface area contributed by atoms with E-state index in [0.29, 0.717) is 5.92 Å². The summed E-state index contributed by atoms with van der Waals surface area (Å²) in [5.41, 5.74) is -2.40. The Kier molecular flexibility index (Phi) is 9.33. The van der Waals surface area contributed by atoms with Crippen molar-refractivity contribution in [3.05, 3.63) is 119 Å². The van der Waals surface area contributed by atoms with Gasteiger partial charge in [0.25, 0.3) is 0 Å². The fourth-order valence-electron chi connectivity index (χ4n) is 6.24. The van der Waals surface area contributed by atoms with Crippen molar-refractivity contribution in [3.8, 4) is 28.0 Å². The first-order chi connectivity index (χ1) is 23.1. The van der Waals surface area contributed by atoms with E-state index in [9.17, 15) is 45.8 Å². The first-order valence-electron chi connectivity index (χ1n) is 15.1. The number of rotatable bonds is 10. The van der Waals surface area contributed by atoms with Crippen LogP contribution in [0.15, 0.2) is 78.2 Å². The highest BCUT2D eigenvalue weighted by atomic mass is 32.5. The number of hydrogen-bond donors (Lipinski definition) is 0. The number of ether oxygens (including phenoxy) is 1. The van der Waals surface area contributed by atoms with Gasteiger partial charge < -0.3 is 4.74 Å². The second-order valence-corrected chi connectivity index (χ2v) is 14.5. The van der Waals surface area contributed by atoms with Crippen molar-refractivity contribution in [2.24, 2.45) is 5.92 Å². The molecule has 0 spiro atoms. The van der Waals surface area contributed by atoms with Gasteiger partial charge in [0, 0.05) is 23.3 Å². The molecule has 4 aromatic rings. The summed E-state index contributed by atoms with van der Waals surface area (Å²) in [6, 6.07) is 6.96. The Morgan fingerprint density at radius 1 is 0.660 bits per heavy atom. The van der Waals surface area contributed by atoms with Crippen LogP contribution in [0.5, 0.6) is 5.75 Å². The van der Waals surface area contributed by atoms with Gasteiger partial charge in [0.05, 0.1) is 0 Å². The zero-order chi connectivity index (χ0) is 36.9. The molecule has 0 bridgehead atoms. The van der Waals surface area contributed by atoms with E-state index in [0.717, 1.165) is 56.2 Å². The molecule has 0 unspecified atom stereocenters. The van der Waals surface area contributed by atoms with E-state index in [1.54, 1.807) is 6.07 Å². The molecule has 1 nitrogen and oxygen atoms in total. The van der Waals surface area contributed by atoms with Crippen LogP contribution >= 0.6 is 10.2 Å². The molecule has 0 saturated heterocycles.